The van der Waals surface area contributed by atoms with E-state index in [2.05, 4.69) is 164 Å². The first-order chi connectivity index (χ1) is 20.7. The van der Waals surface area contributed by atoms with Crippen LogP contribution in [0.2, 0.25) is 0 Å². The Morgan fingerprint density at radius 1 is 0.429 bits per heavy atom. The SMILES string of the molecule is N[P+](c1ccccc1)(c1ccccc1)c1ccccc1.O=NO.c1ccc(P(c2ccccc2)c2ccccc2)cc1. The quantitative estimate of drug-likeness (QED) is 0.134. The average molecular weight is 588 g/mol. The topological polar surface area (TPSA) is 75.7 Å². The minimum absolute atomic E-state index is 0.446. The summed E-state index contributed by atoms with van der Waals surface area (Å²) in [5.41, 5.74) is 6.97. The monoisotopic (exact) mass is 587 g/mol. The van der Waals surface area contributed by atoms with Crippen LogP contribution in [0.5, 0.6) is 0 Å². The van der Waals surface area contributed by atoms with Crippen LogP contribution in [0.25, 0.3) is 0 Å². The summed E-state index contributed by atoms with van der Waals surface area (Å²) in [4.78, 5) is 8.11. The highest BCUT2D eigenvalue weighted by atomic mass is 31.2. The van der Waals surface area contributed by atoms with Crippen molar-refractivity contribution in [1.29, 1.82) is 0 Å². The van der Waals surface area contributed by atoms with Crippen LogP contribution in [0.1, 0.15) is 0 Å². The molecule has 0 fully saturated rings. The lowest BCUT2D eigenvalue weighted by Crippen LogP contribution is -2.36. The van der Waals surface area contributed by atoms with E-state index in [1.807, 2.05) is 18.2 Å². The van der Waals surface area contributed by atoms with E-state index in [1.165, 1.54) is 37.2 Å². The van der Waals surface area contributed by atoms with Gasteiger partial charge in [-0.2, -0.15) is 5.50 Å². The second-order valence-electron chi connectivity index (χ2n) is 9.15. The molecule has 0 aliphatic rings. The van der Waals surface area contributed by atoms with Crippen molar-refractivity contribution in [3.05, 3.63) is 187 Å². The molecule has 0 spiro atoms. The summed E-state index contributed by atoms with van der Waals surface area (Å²) in [5.74, 6) is 0. The zero-order valence-corrected chi connectivity index (χ0v) is 24.9. The van der Waals surface area contributed by atoms with Crippen LogP contribution in [0.3, 0.4) is 0 Å². The average Bonchev–Trinajstić information content (AvgIpc) is 3.08. The van der Waals surface area contributed by atoms with E-state index in [0.29, 0.717) is 0 Å². The van der Waals surface area contributed by atoms with Crippen LogP contribution in [-0.4, -0.2) is 5.21 Å². The molecule has 42 heavy (non-hydrogen) atoms. The van der Waals surface area contributed by atoms with Gasteiger partial charge < -0.3 is 5.21 Å². The van der Waals surface area contributed by atoms with E-state index < -0.39 is 15.3 Å². The number of benzene rings is 6. The highest BCUT2D eigenvalue weighted by molar-refractivity contribution is 7.93. The molecule has 0 heterocycles. The van der Waals surface area contributed by atoms with Gasteiger partial charge in [0.05, 0.1) is 0 Å². The number of nitrogens with two attached hydrogens (primary N) is 1. The molecule has 0 bridgehead atoms. The standard InChI is InChI=1S/C18H17NP.C18H15P.HNO2/c19-20(16-10-4-1-5-11-16,17-12-6-2-7-13-17)18-14-8-3-9-15-18;1-4-10-16(11-5-1)19(17-12-6-2-7-13-17)18-14-8-3-9-15-18;2-1-3/h1-15H,19H2;1-15H;(H,2,3)/q+1;;. The molecule has 0 saturated heterocycles. The minimum atomic E-state index is -2.03. The molecule has 208 valence electrons. The fraction of sp³-hybridized carbons (Fsp3) is 0. The van der Waals surface area contributed by atoms with Gasteiger partial charge in [-0.15, -0.1) is 4.91 Å². The molecule has 0 amide bonds. The van der Waals surface area contributed by atoms with Gasteiger partial charge in [-0.3, -0.25) is 0 Å². The Balaban J connectivity index is 0.000000177. The molecule has 4 nitrogen and oxygen atoms in total. The Labute approximate surface area is 249 Å². The first kappa shape index (κ1) is 30.5. The third kappa shape index (κ3) is 7.84. The molecule has 0 unspecified atom stereocenters. The molecule has 0 aromatic heterocycles. The lowest BCUT2D eigenvalue weighted by molar-refractivity contribution is 0.312. The van der Waals surface area contributed by atoms with Crippen molar-refractivity contribution in [3.8, 4) is 0 Å². The molecular weight excluding hydrogens is 554 g/mol. The van der Waals surface area contributed by atoms with Crippen molar-refractivity contribution in [3.63, 3.8) is 0 Å². The molecule has 3 N–H and O–H groups in total. The fourth-order valence-corrected chi connectivity index (χ4v) is 9.74. The van der Waals surface area contributed by atoms with E-state index in [0.717, 1.165) is 0 Å². The Hall–Kier alpha value is -4.46. The Morgan fingerprint density at radius 3 is 0.833 bits per heavy atom. The lowest BCUT2D eigenvalue weighted by Gasteiger charge is -2.21. The highest BCUT2D eigenvalue weighted by Gasteiger charge is 2.41. The van der Waals surface area contributed by atoms with Gasteiger partial charge in [-0.05, 0) is 60.2 Å². The Kier molecular flexibility index (Phi) is 11.7. The van der Waals surface area contributed by atoms with E-state index in [9.17, 15) is 0 Å². The number of nitrogens with zero attached hydrogens (tertiary/aromatic N) is 1. The smallest absolute Gasteiger partial charge is 0.175 e. The third-order valence-electron chi connectivity index (χ3n) is 6.53. The molecule has 6 aromatic rings. The van der Waals surface area contributed by atoms with Crippen LogP contribution >= 0.6 is 15.3 Å². The largest absolute Gasteiger partial charge is 0.379 e. The molecule has 0 atom stereocenters. The van der Waals surface area contributed by atoms with Crippen molar-refractivity contribution in [2.24, 2.45) is 10.8 Å². The predicted molar refractivity (Wildman–Crippen MR) is 182 cm³/mol. The molecule has 6 heteroatoms. The zero-order chi connectivity index (χ0) is 29.5. The number of rotatable bonds is 6. The summed E-state index contributed by atoms with van der Waals surface area (Å²) in [6, 6.07) is 63.6. The minimum Gasteiger partial charge on any atom is -0.379 e. The Morgan fingerprint density at radius 2 is 0.619 bits per heavy atom. The van der Waals surface area contributed by atoms with Gasteiger partial charge in [0.1, 0.15) is 15.9 Å². The first-order valence-electron chi connectivity index (χ1n) is 13.4. The summed E-state index contributed by atoms with van der Waals surface area (Å²) in [6.07, 6.45) is 0. The van der Waals surface area contributed by atoms with Gasteiger partial charge in [-0.1, -0.05) is 146 Å². The van der Waals surface area contributed by atoms with Gasteiger partial charge in [0.2, 0.25) is 0 Å². The van der Waals surface area contributed by atoms with Crippen LogP contribution in [0, 0.1) is 4.91 Å². The summed E-state index contributed by atoms with van der Waals surface area (Å²) in [6.45, 7) is 0. The number of hydrogen-bond donors (Lipinski definition) is 2. The second kappa shape index (κ2) is 16.1. The van der Waals surface area contributed by atoms with Crippen LogP contribution in [0.15, 0.2) is 187 Å². The highest BCUT2D eigenvalue weighted by Crippen LogP contribution is 2.46. The normalized spacial score (nSPS) is 10.4. The van der Waals surface area contributed by atoms with Crippen molar-refractivity contribution in [1.82, 2.24) is 0 Å². The lowest BCUT2D eigenvalue weighted by atomic mass is 10.4. The molecular formula is C36H33N2O2P2+. The number of hydrogen-bond acceptors (Lipinski definition) is 3. The molecule has 0 radical (unpaired) electrons. The Bertz CT molecular complexity index is 1400. The van der Waals surface area contributed by atoms with Crippen molar-refractivity contribution >= 4 is 47.2 Å². The van der Waals surface area contributed by atoms with Crippen molar-refractivity contribution < 1.29 is 5.21 Å². The summed E-state index contributed by atoms with van der Waals surface area (Å²) >= 11 is 0. The van der Waals surface area contributed by atoms with Gasteiger partial charge in [0, 0.05) is 0 Å². The van der Waals surface area contributed by atoms with E-state index in [4.69, 9.17) is 15.6 Å². The van der Waals surface area contributed by atoms with E-state index in [-0.39, 0.29) is 0 Å². The van der Waals surface area contributed by atoms with Gasteiger partial charge >= 0.3 is 0 Å². The summed E-state index contributed by atoms with van der Waals surface area (Å²) in [5, 5.41) is 15.7. The molecule has 0 saturated carbocycles. The van der Waals surface area contributed by atoms with E-state index >= 15 is 0 Å². The first-order valence-corrected chi connectivity index (χ1v) is 16.6. The maximum Gasteiger partial charge on any atom is 0.175 e. The predicted octanol–water partition coefficient (Wildman–Crippen LogP) is 6.44. The molecule has 6 rings (SSSR count). The van der Waals surface area contributed by atoms with Gasteiger partial charge in [0.15, 0.2) is 12.8 Å². The second-order valence-corrected chi connectivity index (χ2v) is 14.4. The fourth-order valence-electron chi connectivity index (χ4n) is 4.62. The molecule has 0 aliphatic carbocycles. The maximum atomic E-state index is 8.11. The van der Waals surface area contributed by atoms with Crippen LogP contribution in [0.4, 0.5) is 0 Å². The summed E-state index contributed by atoms with van der Waals surface area (Å²) in [7, 11) is -2.47. The molecule has 6 aromatic carbocycles. The van der Waals surface area contributed by atoms with Crippen LogP contribution in [-0.2, 0) is 0 Å². The van der Waals surface area contributed by atoms with Crippen LogP contribution < -0.4 is 37.3 Å². The summed E-state index contributed by atoms with van der Waals surface area (Å²) < 4.78 is 0. The van der Waals surface area contributed by atoms with Crippen molar-refractivity contribution in [2.75, 3.05) is 0 Å². The van der Waals surface area contributed by atoms with Crippen molar-refractivity contribution in [2.45, 2.75) is 0 Å². The van der Waals surface area contributed by atoms with Gasteiger partial charge in [0.25, 0.3) is 0 Å². The third-order valence-corrected chi connectivity index (χ3v) is 12.3. The zero-order valence-electron chi connectivity index (χ0n) is 23.1. The van der Waals surface area contributed by atoms with Gasteiger partial charge in [-0.25, -0.2) is 0 Å². The van der Waals surface area contributed by atoms with E-state index in [1.54, 1.807) is 0 Å². The maximum absolute atomic E-state index is 8.11. The molecule has 0 aliphatic heterocycles.